The fourth-order valence-electron chi connectivity index (χ4n) is 2.63. The summed E-state index contributed by atoms with van der Waals surface area (Å²) in [5.74, 6) is 0.344. The first kappa shape index (κ1) is 17.4. The number of hydrogen-bond acceptors (Lipinski definition) is 2. The number of urea groups is 1. The Bertz CT molecular complexity index is 503. The summed E-state index contributed by atoms with van der Waals surface area (Å²) in [4.78, 5) is 13.8. The quantitative estimate of drug-likeness (QED) is 0.805. The van der Waals surface area contributed by atoms with Gasteiger partial charge in [-0.2, -0.15) is 0 Å². The number of nitrogens with zero attached hydrogens (tertiary/aromatic N) is 1. The first-order chi connectivity index (χ1) is 10.6. The van der Waals surface area contributed by atoms with Crippen LogP contribution in [-0.4, -0.2) is 42.3 Å². The molecule has 2 rings (SSSR count). The van der Waals surface area contributed by atoms with Crippen molar-refractivity contribution in [1.82, 2.24) is 10.2 Å². The molecule has 1 saturated heterocycles. The zero-order valence-corrected chi connectivity index (χ0v) is 14.0. The second-order valence-corrected chi connectivity index (χ2v) is 6.53. The second kappa shape index (κ2) is 8.61. The summed E-state index contributed by atoms with van der Waals surface area (Å²) in [6.07, 6.45) is 3.40. The summed E-state index contributed by atoms with van der Waals surface area (Å²) in [6, 6.07) is 5.47. The van der Waals surface area contributed by atoms with Gasteiger partial charge in [-0.15, -0.1) is 0 Å². The van der Waals surface area contributed by atoms with Gasteiger partial charge in [0.1, 0.15) is 0 Å². The average Bonchev–Trinajstić information content (AvgIpc) is 2.53. The molecule has 1 fully saturated rings. The molecule has 2 amide bonds. The lowest BCUT2D eigenvalue weighted by Crippen LogP contribution is -2.45. The third-order valence-corrected chi connectivity index (χ3v) is 4.66. The molecule has 0 atom stereocenters. The van der Waals surface area contributed by atoms with E-state index in [-0.39, 0.29) is 12.6 Å². The Hall–Kier alpha value is -0.970. The number of benzene rings is 1. The first-order valence-corrected chi connectivity index (χ1v) is 8.43. The lowest BCUT2D eigenvalue weighted by molar-refractivity contribution is 0.137. The Labute approximate surface area is 141 Å². The molecule has 0 aromatic heterocycles. The molecule has 2 N–H and O–H groups in total. The Morgan fingerprint density at radius 2 is 2.05 bits per heavy atom. The minimum atomic E-state index is -0.0152. The van der Waals surface area contributed by atoms with E-state index in [9.17, 15) is 4.79 Å². The van der Waals surface area contributed by atoms with Crippen molar-refractivity contribution in [3.8, 4) is 0 Å². The van der Waals surface area contributed by atoms with Crippen LogP contribution in [0.25, 0.3) is 0 Å². The van der Waals surface area contributed by atoms with E-state index in [0.29, 0.717) is 22.5 Å². The molecule has 0 bridgehead atoms. The maximum absolute atomic E-state index is 12.0. The molecule has 1 aliphatic rings. The highest BCUT2D eigenvalue weighted by molar-refractivity contribution is 6.35. The van der Waals surface area contributed by atoms with Crippen LogP contribution < -0.4 is 5.32 Å². The van der Waals surface area contributed by atoms with Gasteiger partial charge in [-0.1, -0.05) is 29.3 Å². The fourth-order valence-corrected chi connectivity index (χ4v) is 3.13. The van der Waals surface area contributed by atoms with Gasteiger partial charge in [0.2, 0.25) is 0 Å². The van der Waals surface area contributed by atoms with Crippen LogP contribution in [0.5, 0.6) is 0 Å². The Morgan fingerprint density at radius 3 is 2.68 bits per heavy atom. The monoisotopic (exact) mass is 344 g/mol. The molecule has 6 heteroatoms. The average molecular weight is 345 g/mol. The van der Waals surface area contributed by atoms with Crippen LogP contribution >= 0.6 is 23.2 Å². The van der Waals surface area contributed by atoms with E-state index in [4.69, 9.17) is 28.3 Å². The van der Waals surface area contributed by atoms with Crippen molar-refractivity contribution >= 4 is 29.2 Å². The van der Waals surface area contributed by atoms with E-state index in [2.05, 4.69) is 5.32 Å². The molecule has 0 unspecified atom stereocenters. The predicted octanol–water partition coefficient (Wildman–Crippen LogP) is 3.34. The van der Waals surface area contributed by atoms with E-state index < -0.39 is 0 Å². The number of nitrogens with one attached hydrogen (secondary N) is 1. The van der Waals surface area contributed by atoms with Crippen molar-refractivity contribution in [3.05, 3.63) is 33.8 Å². The van der Waals surface area contributed by atoms with Crippen LogP contribution in [0, 0.1) is 5.92 Å². The normalized spacial score (nSPS) is 15.9. The van der Waals surface area contributed by atoms with Crippen molar-refractivity contribution in [2.45, 2.75) is 25.7 Å². The highest BCUT2D eigenvalue weighted by Gasteiger charge is 2.21. The maximum atomic E-state index is 12.0. The number of carbonyl (C=O) groups is 1. The smallest absolute Gasteiger partial charge is 0.317 e. The molecule has 1 aromatic rings. The Morgan fingerprint density at radius 1 is 1.32 bits per heavy atom. The van der Waals surface area contributed by atoms with Gasteiger partial charge in [0.05, 0.1) is 0 Å². The van der Waals surface area contributed by atoms with Gasteiger partial charge in [-0.25, -0.2) is 4.79 Å². The van der Waals surface area contributed by atoms with Gasteiger partial charge < -0.3 is 15.3 Å². The molecule has 1 aliphatic heterocycles. The molecule has 4 nitrogen and oxygen atoms in total. The number of carbonyl (C=O) groups excluding carboxylic acids is 1. The Balaban J connectivity index is 1.67. The number of hydrogen-bond donors (Lipinski definition) is 2. The van der Waals surface area contributed by atoms with Crippen LogP contribution in [-0.2, 0) is 6.42 Å². The standard InChI is InChI=1S/C16H22Cl2N2O2/c17-14-4-3-13(15(18)10-14)2-1-7-19-16(22)20-8-5-12(11-21)6-9-20/h3-4,10,12,21H,1-2,5-9,11H2,(H,19,22). The summed E-state index contributed by atoms with van der Waals surface area (Å²) >= 11 is 12.0. The molecule has 0 aliphatic carbocycles. The van der Waals surface area contributed by atoms with E-state index in [1.807, 2.05) is 17.0 Å². The van der Waals surface area contributed by atoms with Crippen LogP contribution in [0.3, 0.4) is 0 Å². The molecule has 122 valence electrons. The fraction of sp³-hybridized carbons (Fsp3) is 0.562. The summed E-state index contributed by atoms with van der Waals surface area (Å²) in [6.45, 7) is 2.29. The summed E-state index contributed by atoms with van der Waals surface area (Å²) in [5.41, 5.74) is 1.05. The summed E-state index contributed by atoms with van der Waals surface area (Å²) in [7, 11) is 0. The third-order valence-electron chi connectivity index (χ3n) is 4.07. The van der Waals surface area contributed by atoms with E-state index in [1.54, 1.807) is 6.07 Å². The molecular weight excluding hydrogens is 323 g/mol. The second-order valence-electron chi connectivity index (χ2n) is 5.68. The van der Waals surface area contributed by atoms with Gasteiger partial charge in [-0.05, 0) is 49.3 Å². The molecular formula is C16H22Cl2N2O2. The van der Waals surface area contributed by atoms with Gasteiger partial charge in [0.15, 0.2) is 0 Å². The number of aliphatic hydroxyl groups excluding tert-OH is 1. The van der Waals surface area contributed by atoms with Crippen molar-refractivity contribution in [2.75, 3.05) is 26.2 Å². The number of amides is 2. The number of piperidine rings is 1. The first-order valence-electron chi connectivity index (χ1n) is 7.67. The zero-order valence-electron chi connectivity index (χ0n) is 12.5. The van der Waals surface area contributed by atoms with E-state index in [0.717, 1.165) is 44.3 Å². The minimum absolute atomic E-state index is 0.0152. The lowest BCUT2D eigenvalue weighted by atomic mass is 9.98. The molecule has 0 saturated carbocycles. The SMILES string of the molecule is O=C(NCCCc1ccc(Cl)cc1Cl)N1CCC(CO)CC1. The van der Waals surface area contributed by atoms with Crippen molar-refractivity contribution in [1.29, 1.82) is 0 Å². The van der Waals surface area contributed by atoms with Gasteiger partial charge in [0, 0.05) is 36.3 Å². The van der Waals surface area contributed by atoms with Crippen LogP contribution in [0.1, 0.15) is 24.8 Å². The van der Waals surface area contributed by atoms with Gasteiger partial charge >= 0.3 is 6.03 Å². The summed E-state index contributed by atoms with van der Waals surface area (Å²) < 4.78 is 0. The molecule has 0 spiro atoms. The number of rotatable bonds is 5. The van der Waals surface area contributed by atoms with Crippen LogP contribution in [0.4, 0.5) is 4.79 Å². The Kier molecular flexibility index (Phi) is 6.80. The number of aliphatic hydroxyl groups is 1. The predicted molar refractivity (Wildman–Crippen MR) is 89.6 cm³/mol. The van der Waals surface area contributed by atoms with Crippen LogP contribution in [0.2, 0.25) is 10.0 Å². The van der Waals surface area contributed by atoms with E-state index in [1.165, 1.54) is 0 Å². The molecule has 0 radical (unpaired) electrons. The topological polar surface area (TPSA) is 52.6 Å². The highest BCUT2D eigenvalue weighted by atomic mass is 35.5. The van der Waals surface area contributed by atoms with Crippen molar-refractivity contribution in [2.24, 2.45) is 5.92 Å². The maximum Gasteiger partial charge on any atom is 0.317 e. The minimum Gasteiger partial charge on any atom is -0.396 e. The zero-order chi connectivity index (χ0) is 15.9. The number of aryl methyl sites for hydroxylation is 1. The molecule has 1 heterocycles. The van der Waals surface area contributed by atoms with E-state index >= 15 is 0 Å². The van der Waals surface area contributed by atoms with Crippen molar-refractivity contribution in [3.63, 3.8) is 0 Å². The third kappa shape index (κ3) is 5.04. The molecule has 1 aromatic carbocycles. The van der Waals surface area contributed by atoms with Gasteiger partial charge in [-0.3, -0.25) is 0 Å². The van der Waals surface area contributed by atoms with Gasteiger partial charge in [0.25, 0.3) is 0 Å². The number of halogens is 2. The van der Waals surface area contributed by atoms with Crippen LogP contribution in [0.15, 0.2) is 18.2 Å². The highest BCUT2D eigenvalue weighted by Crippen LogP contribution is 2.22. The number of likely N-dealkylation sites (tertiary alicyclic amines) is 1. The largest absolute Gasteiger partial charge is 0.396 e. The van der Waals surface area contributed by atoms with Crippen molar-refractivity contribution < 1.29 is 9.90 Å². The lowest BCUT2D eigenvalue weighted by Gasteiger charge is -2.31. The summed E-state index contributed by atoms with van der Waals surface area (Å²) in [5, 5.41) is 13.3. The molecule has 22 heavy (non-hydrogen) atoms.